The van der Waals surface area contributed by atoms with Gasteiger partial charge >= 0.3 is 0 Å². The molecular weight excluding hydrogens is 294 g/mol. The summed E-state index contributed by atoms with van der Waals surface area (Å²) in [6, 6.07) is 9.36. The number of benzene rings is 1. The van der Waals surface area contributed by atoms with Crippen molar-refractivity contribution in [1.29, 1.82) is 0 Å². The molecule has 1 amide bonds. The number of hydrogen-bond donors (Lipinski definition) is 1. The van der Waals surface area contributed by atoms with Gasteiger partial charge in [0.1, 0.15) is 11.8 Å². The third-order valence-corrected chi connectivity index (χ3v) is 3.32. The Morgan fingerprint density at radius 1 is 1.22 bits per heavy atom. The highest BCUT2D eigenvalue weighted by Crippen LogP contribution is 2.26. The van der Waals surface area contributed by atoms with Crippen LogP contribution in [0.4, 0.5) is 0 Å². The van der Waals surface area contributed by atoms with Gasteiger partial charge in [-0.25, -0.2) is 0 Å². The molecule has 124 valence electrons. The number of carbonyl (C=O) groups is 1. The van der Waals surface area contributed by atoms with Crippen molar-refractivity contribution in [2.45, 2.75) is 32.9 Å². The molecule has 1 N–H and O–H groups in total. The summed E-state index contributed by atoms with van der Waals surface area (Å²) in [5.41, 5.74) is 0.406. The first kappa shape index (κ1) is 16.9. The minimum atomic E-state index is -0.208. The summed E-state index contributed by atoms with van der Waals surface area (Å²) >= 11 is 0. The molecule has 1 heterocycles. The lowest BCUT2D eigenvalue weighted by atomic mass is 10.3. The number of nitrogens with zero attached hydrogens (tertiary/aromatic N) is 2. The van der Waals surface area contributed by atoms with Crippen LogP contribution < -0.4 is 14.8 Å². The summed E-state index contributed by atoms with van der Waals surface area (Å²) in [6.07, 6.45) is 1.61. The molecule has 2 aromatic rings. The Balaban J connectivity index is 1.88. The van der Waals surface area contributed by atoms with E-state index in [4.69, 9.17) is 9.47 Å². The molecule has 0 aliphatic carbocycles. The number of carbonyl (C=O) groups excluding carboxylic acids is 1. The van der Waals surface area contributed by atoms with Gasteiger partial charge in [0, 0.05) is 12.2 Å². The molecule has 0 fully saturated rings. The quantitative estimate of drug-likeness (QED) is 0.852. The molecule has 0 radical (unpaired) electrons. The van der Waals surface area contributed by atoms with Crippen LogP contribution in [0.1, 0.15) is 37.3 Å². The maximum absolute atomic E-state index is 12.1. The molecule has 1 aromatic heterocycles. The Kier molecular flexibility index (Phi) is 5.62. The normalized spacial score (nSPS) is 12.0. The van der Waals surface area contributed by atoms with E-state index in [0.29, 0.717) is 23.7 Å². The van der Waals surface area contributed by atoms with E-state index < -0.39 is 0 Å². The first-order chi connectivity index (χ1) is 11.0. The van der Waals surface area contributed by atoms with Crippen molar-refractivity contribution in [1.82, 2.24) is 15.1 Å². The Hall–Kier alpha value is -2.50. The molecule has 1 atom stereocenters. The van der Waals surface area contributed by atoms with Crippen LogP contribution in [-0.4, -0.2) is 35.4 Å². The van der Waals surface area contributed by atoms with E-state index in [1.807, 2.05) is 45.0 Å². The fourth-order valence-electron chi connectivity index (χ4n) is 2.05. The lowest BCUT2D eigenvalue weighted by molar-refractivity contribution is 0.0925. The lowest BCUT2D eigenvalue weighted by Crippen LogP contribution is -2.34. The lowest BCUT2D eigenvalue weighted by Gasteiger charge is -2.17. The molecule has 0 bridgehead atoms. The third kappa shape index (κ3) is 4.48. The van der Waals surface area contributed by atoms with Crippen LogP contribution >= 0.6 is 0 Å². The molecular formula is C17H23N3O3. The Morgan fingerprint density at radius 3 is 2.52 bits per heavy atom. The second kappa shape index (κ2) is 7.67. The zero-order chi connectivity index (χ0) is 16.8. The second-order valence-corrected chi connectivity index (χ2v) is 5.56. The van der Waals surface area contributed by atoms with Gasteiger partial charge in [-0.3, -0.25) is 9.48 Å². The van der Waals surface area contributed by atoms with Crippen LogP contribution in [0, 0.1) is 0 Å². The number of aromatic nitrogens is 2. The first-order valence-corrected chi connectivity index (χ1v) is 7.64. The van der Waals surface area contributed by atoms with Gasteiger partial charge < -0.3 is 14.8 Å². The summed E-state index contributed by atoms with van der Waals surface area (Å²) in [7, 11) is 1.60. The van der Waals surface area contributed by atoms with Gasteiger partial charge in [-0.15, -0.1) is 0 Å². The van der Waals surface area contributed by atoms with Crippen molar-refractivity contribution in [3.8, 4) is 11.5 Å². The van der Waals surface area contributed by atoms with Gasteiger partial charge in [-0.2, -0.15) is 5.10 Å². The van der Waals surface area contributed by atoms with Crippen LogP contribution in [0.3, 0.4) is 0 Å². The Bertz CT molecular complexity index is 652. The van der Waals surface area contributed by atoms with E-state index in [9.17, 15) is 4.79 Å². The number of methoxy groups -OCH3 is 1. The fourth-order valence-corrected chi connectivity index (χ4v) is 2.05. The van der Waals surface area contributed by atoms with E-state index in [2.05, 4.69) is 10.4 Å². The highest BCUT2D eigenvalue weighted by atomic mass is 16.5. The Morgan fingerprint density at radius 2 is 1.91 bits per heavy atom. The molecule has 1 unspecified atom stereocenters. The number of para-hydroxylation sites is 2. The summed E-state index contributed by atoms with van der Waals surface area (Å²) < 4.78 is 12.8. The largest absolute Gasteiger partial charge is 0.493 e. The van der Waals surface area contributed by atoms with Crippen LogP contribution in [-0.2, 0) is 0 Å². The highest BCUT2D eigenvalue weighted by Gasteiger charge is 2.13. The topological polar surface area (TPSA) is 65.4 Å². The number of amides is 1. The molecule has 0 aliphatic heterocycles. The highest BCUT2D eigenvalue weighted by molar-refractivity contribution is 5.92. The molecule has 1 aromatic carbocycles. The summed E-state index contributed by atoms with van der Waals surface area (Å²) in [5, 5.41) is 7.07. The smallest absolute Gasteiger partial charge is 0.271 e. The van der Waals surface area contributed by atoms with Crippen LogP contribution in [0.15, 0.2) is 36.5 Å². The van der Waals surface area contributed by atoms with Crippen molar-refractivity contribution in [2.24, 2.45) is 0 Å². The predicted octanol–water partition coefficient (Wildman–Crippen LogP) is 2.67. The first-order valence-electron chi connectivity index (χ1n) is 7.64. The molecule has 23 heavy (non-hydrogen) atoms. The van der Waals surface area contributed by atoms with Gasteiger partial charge in [0.15, 0.2) is 11.5 Å². The second-order valence-electron chi connectivity index (χ2n) is 5.56. The predicted molar refractivity (Wildman–Crippen MR) is 88.0 cm³/mol. The van der Waals surface area contributed by atoms with Crippen molar-refractivity contribution < 1.29 is 14.3 Å². The minimum Gasteiger partial charge on any atom is -0.493 e. The van der Waals surface area contributed by atoms with Crippen molar-refractivity contribution >= 4 is 5.91 Å². The van der Waals surface area contributed by atoms with Gasteiger partial charge in [-0.1, -0.05) is 12.1 Å². The molecule has 2 rings (SSSR count). The summed E-state index contributed by atoms with van der Waals surface area (Å²) in [4.78, 5) is 12.1. The fraction of sp³-hybridized carbons (Fsp3) is 0.412. The Labute approximate surface area is 136 Å². The number of nitrogens with one attached hydrogen (secondary N) is 1. The SMILES string of the molecule is COc1ccccc1OC(C)CNC(=O)c1ccn(C(C)C)n1. The summed E-state index contributed by atoms with van der Waals surface area (Å²) in [5.74, 6) is 1.11. The molecule has 0 saturated carbocycles. The average molecular weight is 317 g/mol. The van der Waals surface area contributed by atoms with Crippen molar-refractivity contribution in [3.63, 3.8) is 0 Å². The van der Waals surface area contributed by atoms with Crippen LogP contribution in [0.25, 0.3) is 0 Å². The summed E-state index contributed by atoms with van der Waals surface area (Å²) in [6.45, 7) is 6.29. The number of ether oxygens (including phenoxy) is 2. The minimum absolute atomic E-state index is 0.192. The molecule has 0 aliphatic rings. The zero-order valence-corrected chi connectivity index (χ0v) is 13.9. The van der Waals surface area contributed by atoms with Crippen molar-refractivity contribution in [2.75, 3.05) is 13.7 Å². The molecule has 6 heteroatoms. The molecule has 0 saturated heterocycles. The maximum Gasteiger partial charge on any atom is 0.271 e. The van der Waals surface area contributed by atoms with Crippen LogP contribution in [0.2, 0.25) is 0 Å². The van der Waals surface area contributed by atoms with Gasteiger partial charge in [0.2, 0.25) is 0 Å². The number of rotatable bonds is 7. The van der Waals surface area contributed by atoms with E-state index in [0.717, 1.165) is 0 Å². The van der Waals surface area contributed by atoms with E-state index in [1.165, 1.54) is 0 Å². The van der Waals surface area contributed by atoms with Crippen molar-refractivity contribution in [3.05, 3.63) is 42.2 Å². The monoisotopic (exact) mass is 317 g/mol. The van der Waals surface area contributed by atoms with E-state index in [-0.39, 0.29) is 18.1 Å². The zero-order valence-electron chi connectivity index (χ0n) is 13.9. The van der Waals surface area contributed by atoms with Gasteiger partial charge in [0.25, 0.3) is 5.91 Å². The van der Waals surface area contributed by atoms with E-state index >= 15 is 0 Å². The average Bonchev–Trinajstić information content (AvgIpc) is 3.03. The standard InChI is InChI=1S/C17H23N3O3/c1-12(2)20-10-9-14(19-20)17(21)18-11-13(3)23-16-8-6-5-7-15(16)22-4/h5-10,12-13H,11H2,1-4H3,(H,18,21). The molecule has 6 nitrogen and oxygen atoms in total. The van der Waals surface area contributed by atoms with E-state index in [1.54, 1.807) is 24.1 Å². The maximum atomic E-state index is 12.1. The number of hydrogen-bond acceptors (Lipinski definition) is 4. The third-order valence-electron chi connectivity index (χ3n) is 3.32. The van der Waals surface area contributed by atoms with Crippen LogP contribution in [0.5, 0.6) is 11.5 Å². The van der Waals surface area contributed by atoms with Gasteiger partial charge in [0.05, 0.1) is 13.7 Å². The molecule has 0 spiro atoms. The van der Waals surface area contributed by atoms with Gasteiger partial charge in [-0.05, 0) is 39.0 Å².